The minimum atomic E-state index is -0.0278. The van der Waals surface area contributed by atoms with Gasteiger partial charge in [-0.2, -0.15) is 0 Å². The van der Waals surface area contributed by atoms with Crippen molar-refractivity contribution < 1.29 is 4.79 Å². The molecular weight excluding hydrogens is 152 g/mol. The third kappa shape index (κ3) is 1.61. The molecule has 0 bridgehead atoms. The zero-order chi connectivity index (χ0) is 7.07. The molecule has 0 heterocycles. The molecular formula is C6H13ClN2O. The van der Waals surface area contributed by atoms with E-state index in [2.05, 4.69) is 19.3 Å². The van der Waals surface area contributed by atoms with E-state index in [9.17, 15) is 4.79 Å². The predicted octanol–water partition coefficient (Wildman–Crippen LogP) is 0.444. The fourth-order valence-corrected chi connectivity index (χ4v) is 1.02. The standard InChI is InChI=1S/C6H12N2O.ClH/c1-6(2)3-4(6)5(9)8-7;/h4H,3,7H2,1-2H3,(H,8,9);1H/t4-;/m1./s1. The maximum absolute atomic E-state index is 10.8. The Morgan fingerprint density at radius 2 is 2.10 bits per heavy atom. The van der Waals surface area contributed by atoms with Crippen LogP contribution in [0.1, 0.15) is 20.3 Å². The van der Waals surface area contributed by atoms with E-state index in [1.54, 1.807) is 0 Å². The van der Waals surface area contributed by atoms with Crippen LogP contribution in [-0.2, 0) is 4.79 Å². The van der Waals surface area contributed by atoms with Crippen molar-refractivity contribution in [1.82, 2.24) is 5.43 Å². The molecule has 4 heteroatoms. The van der Waals surface area contributed by atoms with Crippen molar-refractivity contribution in [1.29, 1.82) is 0 Å². The van der Waals surface area contributed by atoms with Gasteiger partial charge in [0.25, 0.3) is 0 Å². The summed E-state index contributed by atoms with van der Waals surface area (Å²) in [7, 11) is 0. The average molecular weight is 165 g/mol. The lowest BCUT2D eigenvalue weighted by molar-refractivity contribution is -0.123. The minimum Gasteiger partial charge on any atom is -0.294 e. The zero-order valence-corrected chi connectivity index (χ0v) is 6.99. The third-order valence-corrected chi connectivity index (χ3v) is 1.97. The second-order valence-corrected chi connectivity index (χ2v) is 3.25. The van der Waals surface area contributed by atoms with Crippen molar-refractivity contribution in [3.8, 4) is 0 Å². The molecule has 1 rings (SSSR count). The van der Waals surface area contributed by atoms with Crippen molar-refractivity contribution in [3.05, 3.63) is 0 Å². The Labute approximate surface area is 66.7 Å². The van der Waals surface area contributed by atoms with E-state index >= 15 is 0 Å². The Kier molecular flexibility index (Phi) is 2.68. The number of nitrogens with two attached hydrogens (primary N) is 1. The number of amides is 1. The highest BCUT2D eigenvalue weighted by molar-refractivity contribution is 5.85. The van der Waals surface area contributed by atoms with Gasteiger partial charge in [-0.15, -0.1) is 12.4 Å². The Bertz CT molecular complexity index is 147. The summed E-state index contributed by atoms with van der Waals surface area (Å²) in [5, 5.41) is 0. The number of carbonyl (C=O) groups excluding carboxylic acids is 1. The molecule has 0 radical (unpaired) electrons. The van der Waals surface area contributed by atoms with Gasteiger partial charge in [0.1, 0.15) is 0 Å². The first-order valence-corrected chi connectivity index (χ1v) is 3.08. The summed E-state index contributed by atoms with van der Waals surface area (Å²) in [6, 6.07) is 0. The van der Waals surface area contributed by atoms with Crippen molar-refractivity contribution in [2.24, 2.45) is 17.2 Å². The number of hydrogen-bond acceptors (Lipinski definition) is 2. The van der Waals surface area contributed by atoms with Gasteiger partial charge in [0.05, 0.1) is 0 Å². The molecule has 1 aliphatic carbocycles. The van der Waals surface area contributed by atoms with E-state index in [0.717, 1.165) is 6.42 Å². The number of rotatable bonds is 1. The van der Waals surface area contributed by atoms with Gasteiger partial charge in [-0.05, 0) is 11.8 Å². The number of carbonyl (C=O) groups is 1. The molecule has 0 spiro atoms. The van der Waals surface area contributed by atoms with Crippen molar-refractivity contribution >= 4 is 18.3 Å². The Morgan fingerprint density at radius 3 is 2.20 bits per heavy atom. The largest absolute Gasteiger partial charge is 0.294 e. The monoisotopic (exact) mass is 164 g/mol. The van der Waals surface area contributed by atoms with Crippen LogP contribution in [-0.4, -0.2) is 5.91 Å². The van der Waals surface area contributed by atoms with Crippen LogP contribution in [0.5, 0.6) is 0 Å². The lowest BCUT2D eigenvalue weighted by Gasteiger charge is -1.99. The maximum atomic E-state index is 10.8. The van der Waals surface area contributed by atoms with Crippen molar-refractivity contribution in [2.45, 2.75) is 20.3 Å². The van der Waals surface area contributed by atoms with Crippen LogP contribution in [0.15, 0.2) is 0 Å². The van der Waals surface area contributed by atoms with Gasteiger partial charge in [0.2, 0.25) is 5.91 Å². The first kappa shape index (κ1) is 9.72. The molecule has 1 amide bonds. The molecule has 10 heavy (non-hydrogen) atoms. The summed E-state index contributed by atoms with van der Waals surface area (Å²) in [6.45, 7) is 4.12. The normalized spacial score (nSPS) is 26.5. The van der Waals surface area contributed by atoms with E-state index in [-0.39, 0.29) is 29.6 Å². The summed E-state index contributed by atoms with van der Waals surface area (Å²) < 4.78 is 0. The molecule has 1 saturated carbocycles. The van der Waals surface area contributed by atoms with Crippen LogP contribution >= 0.6 is 12.4 Å². The maximum Gasteiger partial charge on any atom is 0.237 e. The number of halogens is 1. The second-order valence-electron chi connectivity index (χ2n) is 3.25. The van der Waals surface area contributed by atoms with Gasteiger partial charge in [0, 0.05) is 5.92 Å². The molecule has 0 unspecified atom stereocenters. The molecule has 0 aromatic carbocycles. The van der Waals surface area contributed by atoms with Gasteiger partial charge in [-0.1, -0.05) is 13.8 Å². The number of nitrogens with one attached hydrogen (secondary N) is 1. The van der Waals surface area contributed by atoms with Crippen LogP contribution in [0.3, 0.4) is 0 Å². The molecule has 0 saturated heterocycles. The fourth-order valence-electron chi connectivity index (χ4n) is 1.02. The number of hydrazine groups is 1. The van der Waals surface area contributed by atoms with Gasteiger partial charge >= 0.3 is 0 Å². The van der Waals surface area contributed by atoms with Crippen LogP contribution in [0, 0.1) is 11.3 Å². The van der Waals surface area contributed by atoms with E-state index in [1.165, 1.54) is 0 Å². The highest BCUT2D eigenvalue weighted by atomic mass is 35.5. The number of hydrogen-bond donors (Lipinski definition) is 2. The first-order valence-electron chi connectivity index (χ1n) is 3.08. The lowest BCUT2D eigenvalue weighted by Crippen LogP contribution is -2.32. The summed E-state index contributed by atoms with van der Waals surface area (Å²) in [5.41, 5.74) is 2.34. The van der Waals surface area contributed by atoms with Crippen LogP contribution in [0.25, 0.3) is 0 Å². The van der Waals surface area contributed by atoms with Crippen LogP contribution in [0.2, 0.25) is 0 Å². The predicted molar refractivity (Wildman–Crippen MR) is 41.5 cm³/mol. The summed E-state index contributed by atoms with van der Waals surface area (Å²) in [4.78, 5) is 10.8. The van der Waals surface area contributed by atoms with Gasteiger partial charge < -0.3 is 0 Å². The molecule has 60 valence electrons. The first-order chi connectivity index (χ1) is 4.08. The molecule has 0 aliphatic heterocycles. The molecule has 1 aliphatic rings. The highest BCUT2D eigenvalue weighted by Crippen LogP contribution is 2.51. The molecule has 1 fully saturated rings. The summed E-state index contributed by atoms with van der Waals surface area (Å²) in [5.74, 6) is 5.06. The van der Waals surface area contributed by atoms with E-state index < -0.39 is 0 Å². The molecule has 1 atom stereocenters. The SMILES string of the molecule is CC1(C)C[C@@H]1C(=O)NN.Cl. The zero-order valence-electron chi connectivity index (χ0n) is 6.18. The van der Waals surface area contributed by atoms with Crippen LogP contribution < -0.4 is 11.3 Å². The quantitative estimate of drug-likeness (QED) is 0.336. The Balaban J connectivity index is 0.000000810. The van der Waals surface area contributed by atoms with E-state index in [1.807, 2.05) is 0 Å². The second kappa shape index (κ2) is 2.76. The van der Waals surface area contributed by atoms with Crippen LogP contribution in [0.4, 0.5) is 0 Å². The fraction of sp³-hybridized carbons (Fsp3) is 0.833. The highest BCUT2D eigenvalue weighted by Gasteiger charge is 2.50. The Morgan fingerprint density at radius 1 is 1.70 bits per heavy atom. The summed E-state index contributed by atoms with van der Waals surface area (Å²) >= 11 is 0. The molecule has 3 N–H and O–H groups in total. The lowest BCUT2D eigenvalue weighted by atomic mass is 10.1. The molecule has 0 aromatic rings. The molecule has 0 aromatic heterocycles. The minimum absolute atomic E-state index is 0. The summed E-state index contributed by atoms with van der Waals surface area (Å²) in [6.07, 6.45) is 0.968. The van der Waals surface area contributed by atoms with Gasteiger partial charge in [0.15, 0.2) is 0 Å². The van der Waals surface area contributed by atoms with Gasteiger partial charge in [-0.25, -0.2) is 5.84 Å². The smallest absolute Gasteiger partial charge is 0.237 e. The third-order valence-electron chi connectivity index (χ3n) is 1.97. The topological polar surface area (TPSA) is 55.1 Å². The van der Waals surface area contributed by atoms with Crippen molar-refractivity contribution in [2.75, 3.05) is 0 Å². The average Bonchev–Trinajstić information content (AvgIpc) is 2.38. The van der Waals surface area contributed by atoms with E-state index in [4.69, 9.17) is 5.84 Å². The van der Waals surface area contributed by atoms with Gasteiger partial charge in [-0.3, -0.25) is 10.2 Å². The van der Waals surface area contributed by atoms with Crippen molar-refractivity contribution in [3.63, 3.8) is 0 Å². The van der Waals surface area contributed by atoms with E-state index in [0.29, 0.717) is 0 Å². The molecule has 3 nitrogen and oxygen atoms in total. The Hall–Kier alpha value is -0.280.